The van der Waals surface area contributed by atoms with Crippen molar-refractivity contribution in [3.05, 3.63) is 64.4 Å². The van der Waals surface area contributed by atoms with Gasteiger partial charge >= 0.3 is 0 Å². The van der Waals surface area contributed by atoms with Crippen LogP contribution in [0.3, 0.4) is 0 Å². The zero-order chi connectivity index (χ0) is 20.3. The minimum Gasteiger partial charge on any atom is -0.351 e. The minimum absolute atomic E-state index is 0.0416. The summed E-state index contributed by atoms with van der Waals surface area (Å²) in [4.78, 5) is 24.8. The van der Waals surface area contributed by atoms with Crippen LogP contribution in [0.5, 0.6) is 0 Å². The minimum atomic E-state index is -0.562. The Morgan fingerprint density at radius 3 is 2.36 bits per heavy atom. The van der Waals surface area contributed by atoms with E-state index in [0.29, 0.717) is 10.6 Å². The average Bonchev–Trinajstić information content (AvgIpc) is 2.61. The number of carbonyl (C=O) groups excluding carboxylic acids is 2. The van der Waals surface area contributed by atoms with Crippen molar-refractivity contribution in [2.75, 3.05) is 5.32 Å². The monoisotopic (exact) mass is 402 g/mol. The van der Waals surface area contributed by atoms with Crippen molar-refractivity contribution in [3.63, 3.8) is 0 Å². The van der Waals surface area contributed by atoms with Crippen LogP contribution in [-0.2, 0) is 21.5 Å². The number of anilines is 1. The normalized spacial score (nSPS) is 15.0. The van der Waals surface area contributed by atoms with Crippen LogP contribution in [0.15, 0.2) is 42.5 Å². The lowest BCUT2D eigenvalue weighted by atomic mass is 9.63. The van der Waals surface area contributed by atoms with Gasteiger partial charge in [-0.05, 0) is 48.2 Å². The third kappa shape index (κ3) is 4.20. The third-order valence-electron chi connectivity index (χ3n) is 5.33. The molecule has 0 unspecified atom stereocenters. The number of carbonyl (C=O) groups is 2. The summed E-state index contributed by atoms with van der Waals surface area (Å²) in [7, 11) is 0. The molecule has 6 heteroatoms. The maximum absolute atomic E-state index is 13.2. The van der Waals surface area contributed by atoms with E-state index in [1.54, 1.807) is 6.07 Å². The van der Waals surface area contributed by atoms with Crippen LogP contribution < -0.4 is 10.6 Å². The highest BCUT2D eigenvalue weighted by atomic mass is 35.5. The molecule has 0 spiro atoms. The average molecular weight is 403 g/mol. The number of benzene rings is 2. The van der Waals surface area contributed by atoms with Gasteiger partial charge in [-0.2, -0.15) is 0 Å². The largest absolute Gasteiger partial charge is 0.351 e. The number of nitrogens with one attached hydrogen (secondary N) is 2. The van der Waals surface area contributed by atoms with E-state index in [4.69, 9.17) is 11.6 Å². The molecule has 2 N–H and O–H groups in total. The molecule has 1 fully saturated rings. The predicted octanol–water partition coefficient (Wildman–Crippen LogP) is 4.81. The highest BCUT2D eigenvalue weighted by Gasteiger charge is 2.45. The van der Waals surface area contributed by atoms with Gasteiger partial charge in [-0.25, -0.2) is 4.39 Å². The Hall–Kier alpha value is -2.40. The number of amides is 2. The molecule has 2 amide bonds. The molecule has 0 atom stereocenters. The zero-order valence-electron chi connectivity index (χ0n) is 16.0. The molecule has 0 heterocycles. The van der Waals surface area contributed by atoms with Gasteiger partial charge in [0.1, 0.15) is 5.82 Å². The second kappa shape index (κ2) is 8.31. The molecule has 1 aliphatic carbocycles. The quantitative estimate of drug-likeness (QED) is 0.728. The van der Waals surface area contributed by atoms with Gasteiger partial charge in [0, 0.05) is 23.2 Å². The number of halogens is 2. The summed E-state index contributed by atoms with van der Waals surface area (Å²) in [5, 5.41) is 6.10. The molecule has 28 heavy (non-hydrogen) atoms. The Kier molecular flexibility index (Phi) is 6.04. The van der Waals surface area contributed by atoms with E-state index in [0.717, 1.165) is 30.5 Å². The number of hydrogen-bond acceptors (Lipinski definition) is 2. The van der Waals surface area contributed by atoms with Crippen LogP contribution >= 0.6 is 11.6 Å². The van der Waals surface area contributed by atoms with Gasteiger partial charge in [-0.1, -0.05) is 50.1 Å². The molecule has 0 aliphatic heterocycles. The van der Waals surface area contributed by atoms with Crippen molar-refractivity contribution >= 4 is 29.1 Å². The van der Waals surface area contributed by atoms with Crippen LogP contribution in [0.25, 0.3) is 0 Å². The lowest BCUT2D eigenvalue weighted by molar-refractivity contribution is -0.130. The van der Waals surface area contributed by atoms with Crippen molar-refractivity contribution in [2.45, 2.75) is 45.1 Å². The summed E-state index contributed by atoms with van der Waals surface area (Å²) in [6, 6.07) is 11.6. The summed E-state index contributed by atoms with van der Waals surface area (Å²) < 4.78 is 13.2. The van der Waals surface area contributed by atoms with E-state index in [-0.39, 0.29) is 24.3 Å². The van der Waals surface area contributed by atoms with Crippen LogP contribution in [0, 0.1) is 11.7 Å². The number of hydrogen-bond donors (Lipinski definition) is 2. The van der Waals surface area contributed by atoms with Crippen molar-refractivity contribution in [2.24, 2.45) is 5.92 Å². The molecular weight excluding hydrogens is 379 g/mol. The predicted molar refractivity (Wildman–Crippen MR) is 109 cm³/mol. The second-order valence-electron chi connectivity index (χ2n) is 7.58. The fourth-order valence-corrected chi connectivity index (χ4v) is 3.58. The molecule has 1 saturated carbocycles. The molecule has 0 bridgehead atoms. The Labute approximate surface area is 169 Å². The fourth-order valence-electron chi connectivity index (χ4n) is 3.35. The van der Waals surface area contributed by atoms with Crippen LogP contribution in [0.2, 0.25) is 5.02 Å². The summed E-state index contributed by atoms with van der Waals surface area (Å²) in [6.07, 6.45) is 2.53. The lowest BCUT2D eigenvalue weighted by Gasteiger charge is -2.40. The van der Waals surface area contributed by atoms with Gasteiger partial charge in [0.15, 0.2) is 0 Å². The fraction of sp³-hybridized carbons (Fsp3) is 0.364. The molecule has 3 rings (SSSR count). The SMILES string of the molecule is CC(C)C(=O)Nc1ccc(C2(C(=O)NCc3ccc(F)cc3Cl)CCC2)cc1. The van der Waals surface area contributed by atoms with Crippen LogP contribution in [0.1, 0.15) is 44.2 Å². The highest BCUT2D eigenvalue weighted by molar-refractivity contribution is 6.31. The Bertz CT molecular complexity index is 877. The first-order chi connectivity index (χ1) is 13.3. The number of rotatable bonds is 6. The molecular formula is C22H24ClFN2O2. The second-order valence-corrected chi connectivity index (χ2v) is 7.98. The van der Waals surface area contributed by atoms with Gasteiger partial charge in [0.05, 0.1) is 5.41 Å². The van der Waals surface area contributed by atoms with Crippen LogP contribution in [-0.4, -0.2) is 11.8 Å². The molecule has 4 nitrogen and oxygen atoms in total. The molecule has 0 aromatic heterocycles. The smallest absolute Gasteiger partial charge is 0.230 e. The van der Waals surface area contributed by atoms with E-state index < -0.39 is 11.2 Å². The van der Waals surface area contributed by atoms with Gasteiger partial charge in [-0.3, -0.25) is 9.59 Å². The summed E-state index contributed by atoms with van der Waals surface area (Å²) in [6.45, 7) is 3.93. The molecule has 2 aromatic carbocycles. The van der Waals surface area contributed by atoms with Crippen molar-refractivity contribution < 1.29 is 14.0 Å². The first-order valence-electron chi connectivity index (χ1n) is 9.45. The van der Waals surface area contributed by atoms with E-state index in [1.165, 1.54) is 12.1 Å². The van der Waals surface area contributed by atoms with E-state index in [1.807, 2.05) is 38.1 Å². The van der Waals surface area contributed by atoms with Gasteiger partial charge in [0.25, 0.3) is 0 Å². The first-order valence-corrected chi connectivity index (χ1v) is 9.83. The van der Waals surface area contributed by atoms with E-state index in [2.05, 4.69) is 10.6 Å². The maximum atomic E-state index is 13.2. The third-order valence-corrected chi connectivity index (χ3v) is 5.68. The van der Waals surface area contributed by atoms with Gasteiger partial charge in [-0.15, -0.1) is 0 Å². The van der Waals surface area contributed by atoms with E-state index in [9.17, 15) is 14.0 Å². The molecule has 0 saturated heterocycles. The van der Waals surface area contributed by atoms with E-state index >= 15 is 0 Å². The van der Waals surface area contributed by atoms with Crippen molar-refractivity contribution in [1.29, 1.82) is 0 Å². The van der Waals surface area contributed by atoms with Crippen LogP contribution in [0.4, 0.5) is 10.1 Å². The first kappa shape index (κ1) is 20.3. The van der Waals surface area contributed by atoms with Gasteiger partial charge in [0.2, 0.25) is 11.8 Å². The molecule has 2 aromatic rings. The summed E-state index contributed by atoms with van der Waals surface area (Å²) in [5.41, 5.74) is 1.77. The lowest BCUT2D eigenvalue weighted by Crippen LogP contribution is -2.49. The molecule has 1 aliphatic rings. The van der Waals surface area contributed by atoms with Gasteiger partial charge < -0.3 is 10.6 Å². The zero-order valence-corrected chi connectivity index (χ0v) is 16.8. The van der Waals surface area contributed by atoms with Crippen molar-refractivity contribution in [3.8, 4) is 0 Å². The topological polar surface area (TPSA) is 58.2 Å². The van der Waals surface area contributed by atoms with Crippen molar-refractivity contribution in [1.82, 2.24) is 5.32 Å². The molecule has 148 valence electrons. The highest BCUT2D eigenvalue weighted by Crippen LogP contribution is 2.44. The standard InChI is InChI=1S/C22H24ClFN2O2/c1-14(2)20(27)26-18-8-5-16(6-9-18)22(10-3-11-22)21(28)25-13-15-4-7-17(24)12-19(15)23/h4-9,12,14H,3,10-11,13H2,1-2H3,(H,25,28)(H,26,27). The Morgan fingerprint density at radius 2 is 1.82 bits per heavy atom. The summed E-state index contributed by atoms with van der Waals surface area (Å²) >= 11 is 6.05. The molecule has 0 radical (unpaired) electrons. The Morgan fingerprint density at radius 1 is 1.14 bits per heavy atom. The Balaban J connectivity index is 1.70. The summed E-state index contributed by atoms with van der Waals surface area (Å²) in [5.74, 6) is -0.597. The maximum Gasteiger partial charge on any atom is 0.230 e.